The molecule has 0 saturated carbocycles. The number of nitrogens with zero attached hydrogens (tertiary/aromatic N) is 2. The van der Waals surface area contributed by atoms with Crippen LogP contribution in [0.4, 0.5) is 24.8 Å². The van der Waals surface area contributed by atoms with Crippen molar-refractivity contribution in [2.24, 2.45) is 0 Å². The van der Waals surface area contributed by atoms with Gasteiger partial charge in [0.2, 0.25) is 5.95 Å². The van der Waals surface area contributed by atoms with Gasteiger partial charge in [0.25, 0.3) is 5.91 Å². The Morgan fingerprint density at radius 1 is 1.17 bits per heavy atom. The van der Waals surface area contributed by atoms with Gasteiger partial charge in [-0.3, -0.25) is 4.79 Å². The molecule has 5 nitrogen and oxygen atoms in total. The molecule has 2 N–H and O–H groups in total. The molecule has 1 amide bonds. The molecule has 0 unspecified atom stereocenters. The quantitative estimate of drug-likeness (QED) is 0.892. The number of nitrogens with one attached hydrogen (secondary N) is 2. The van der Waals surface area contributed by atoms with E-state index in [1.54, 1.807) is 20.8 Å². The Bertz CT molecular complexity index is 744. The number of aryl methyl sites for hydroxylation is 1. The van der Waals surface area contributed by atoms with E-state index in [0.29, 0.717) is 5.69 Å². The van der Waals surface area contributed by atoms with Gasteiger partial charge in [-0.15, -0.1) is 0 Å². The molecule has 1 heterocycles. The van der Waals surface area contributed by atoms with Crippen LogP contribution in [0.1, 0.15) is 35.6 Å². The number of carbonyl (C=O) groups is 1. The van der Waals surface area contributed by atoms with Gasteiger partial charge in [-0.2, -0.15) is 13.2 Å². The van der Waals surface area contributed by atoms with Crippen LogP contribution in [0.3, 0.4) is 0 Å². The fraction of sp³-hybridized carbons (Fsp3) is 0.312. The Hall–Kier alpha value is -2.64. The molecule has 2 aromatic rings. The summed E-state index contributed by atoms with van der Waals surface area (Å²) >= 11 is 0. The molecule has 0 fully saturated rings. The van der Waals surface area contributed by atoms with E-state index in [4.69, 9.17) is 0 Å². The van der Waals surface area contributed by atoms with Crippen LogP contribution in [0.15, 0.2) is 30.3 Å². The highest BCUT2D eigenvalue weighted by atomic mass is 19.4. The molecule has 0 aliphatic rings. The smallest absolute Gasteiger partial charge is 0.349 e. The van der Waals surface area contributed by atoms with Crippen LogP contribution >= 0.6 is 0 Å². The first-order valence-electron chi connectivity index (χ1n) is 7.26. The van der Waals surface area contributed by atoms with Crippen molar-refractivity contribution in [2.75, 3.05) is 5.32 Å². The Labute approximate surface area is 137 Å². The summed E-state index contributed by atoms with van der Waals surface area (Å²) in [6.07, 6.45) is -4.51. The summed E-state index contributed by atoms with van der Waals surface area (Å²) in [4.78, 5) is 20.1. The van der Waals surface area contributed by atoms with E-state index in [1.165, 1.54) is 24.3 Å². The van der Waals surface area contributed by atoms with Crippen molar-refractivity contribution < 1.29 is 18.0 Å². The average molecular weight is 338 g/mol. The number of carbonyl (C=O) groups excluding carboxylic acids is 1. The van der Waals surface area contributed by atoms with Crippen molar-refractivity contribution in [1.82, 2.24) is 15.3 Å². The van der Waals surface area contributed by atoms with Crippen LogP contribution in [0.2, 0.25) is 0 Å². The maximum absolute atomic E-state index is 13.0. The standard InChI is InChI=1S/C16H17F3N4O/c1-9(2)20-14(24)13-8-10(3)21-15(23-13)22-12-7-5-4-6-11(12)16(17,18)19/h4-9H,1-3H3,(H,20,24)(H,21,22,23). The molecule has 0 atom stereocenters. The zero-order valence-corrected chi connectivity index (χ0v) is 13.4. The van der Waals surface area contributed by atoms with Gasteiger partial charge in [-0.25, -0.2) is 9.97 Å². The maximum atomic E-state index is 13.0. The van der Waals surface area contributed by atoms with Gasteiger partial charge in [0.05, 0.1) is 11.3 Å². The van der Waals surface area contributed by atoms with Gasteiger partial charge >= 0.3 is 6.18 Å². The average Bonchev–Trinajstić information content (AvgIpc) is 2.45. The van der Waals surface area contributed by atoms with E-state index >= 15 is 0 Å². The second-order valence-electron chi connectivity index (χ2n) is 5.51. The van der Waals surface area contributed by atoms with Crippen LogP contribution in [0.5, 0.6) is 0 Å². The minimum atomic E-state index is -4.51. The fourth-order valence-corrected chi connectivity index (χ4v) is 2.04. The summed E-state index contributed by atoms with van der Waals surface area (Å²) in [5.41, 5.74) is -0.455. The number of rotatable bonds is 4. The van der Waals surface area contributed by atoms with E-state index < -0.39 is 17.6 Å². The van der Waals surface area contributed by atoms with Crippen molar-refractivity contribution in [2.45, 2.75) is 33.0 Å². The number of anilines is 2. The summed E-state index contributed by atoms with van der Waals surface area (Å²) < 4.78 is 39.1. The first kappa shape index (κ1) is 17.7. The van der Waals surface area contributed by atoms with Gasteiger partial charge in [-0.05, 0) is 39.0 Å². The summed E-state index contributed by atoms with van der Waals surface area (Å²) in [5.74, 6) is -0.483. The molecule has 0 aliphatic carbocycles. The molecular weight excluding hydrogens is 321 g/mol. The molecule has 24 heavy (non-hydrogen) atoms. The highest BCUT2D eigenvalue weighted by molar-refractivity contribution is 5.92. The second kappa shape index (κ2) is 6.86. The van der Waals surface area contributed by atoms with Crippen LogP contribution < -0.4 is 10.6 Å². The fourth-order valence-electron chi connectivity index (χ4n) is 2.04. The van der Waals surface area contributed by atoms with E-state index in [0.717, 1.165) is 6.07 Å². The van der Waals surface area contributed by atoms with E-state index in [1.807, 2.05) is 0 Å². The number of amides is 1. The zero-order chi connectivity index (χ0) is 17.9. The van der Waals surface area contributed by atoms with Crippen molar-refractivity contribution in [3.8, 4) is 0 Å². The number of hydrogen-bond acceptors (Lipinski definition) is 4. The highest BCUT2D eigenvalue weighted by Crippen LogP contribution is 2.35. The molecule has 0 saturated heterocycles. The van der Waals surface area contributed by atoms with E-state index in [2.05, 4.69) is 20.6 Å². The number of aromatic nitrogens is 2. The first-order chi connectivity index (χ1) is 11.2. The molecule has 1 aromatic heterocycles. The van der Waals surface area contributed by atoms with E-state index in [9.17, 15) is 18.0 Å². The molecule has 8 heteroatoms. The predicted octanol–water partition coefficient (Wildman–Crippen LogP) is 3.69. The van der Waals surface area contributed by atoms with Crippen LogP contribution in [-0.4, -0.2) is 21.9 Å². The number of halogens is 3. The number of alkyl halides is 3. The molecule has 128 valence electrons. The third-order valence-electron chi connectivity index (χ3n) is 2.99. The number of benzene rings is 1. The van der Waals surface area contributed by atoms with Crippen LogP contribution in [-0.2, 0) is 6.18 Å². The minimum absolute atomic E-state index is 0.0689. The molecular formula is C16H17F3N4O. The second-order valence-corrected chi connectivity index (χ2v) is 5.51. The Morgan fingerprint density at radius 3 is 2.46 bits per heavy atom. The van der Waals surface area contributed by atoms with Crippen molar-refractivity contribution in [1.29, 1.82) is 0 Å². The molecule has 0 radical (unpaired) electrons. The lowest BCUT2D eigenvalue weighted by molar-refractivity contribution is -0.136. The Kier molecular flexibility index (Phi) is 5.06. The molecule has 0 bridgehead atoms. The van der Waals surface area contributed by atoms with Gasteiger partial charge in [0.15, 0.2) is 0 Å². The van der Waals surface area contributed by atoms with Gasteiger partial charge < -0.3 is 10.6 Å². The summed E-state index contributed by atoms with van der Waals surface area (Å²) in [7, 11) is 0. The first-order valence-corrected chi connectivity index (χ1v) is 7.26. The van der Waals surface area contributed by atoms with Crippen molar-refractivity contribution in [3.63, 3.8) is 0 Å². The lowest BCUT2D eigenvalue weighted by atomic mass is 10.1. The molecule has 2 rings (SSSR count). The van der Waals surface area contributed by atoms with Gasteiger partial charge in [-0.1, -0.05) is 12.1 Å². The van der Waals surface area contributed by atoms with E-state index in [-0.39, 0.29) is 23.4 Å². The molecule has 0 spiro atoms. The maximum Gasteiger partial charge on any atom is 0.418 e. The largest absolute Gasteiger partial charge is 0.418 e. The zero-order valence-electron chi connectivity index (χ0n) is 13.4. The van der Waals surface area contributed by atoms with Gasteiger partial charge in [0, 0.05) is 11.7 Å². The lowest BCUT2D eigenvalue weighted by Gasteiger charge is -2.14. The summed E-state index contributed by atoms with van der Waals surface area (Å²) in [6.45, 7) is 5.23. The summed E-state index contributed by atoms with van der Waals surface area (Å²) in [5, 5.41) is 5.22. The number of para-hydroxylation sites is 1. The monoisotopic (exact) mass is 338 g/mol. The molecule has 0 aliphatic heterocycles. The highest BCUT2D eigenvalue weighted by Gasteiger charge is 2.33. The Morgan fingerprint density at radius 2 is 1.83 bits per heavy atom. The third-order valence-corrected chi connectivity index (χ3v) is 2.99. The predicted molar refractivity (Wildman–Crippen MR) is 84.1 cm³/mol. The Balaban J connectivity index is 2.35. The topological polar surface area (TPSA) is 66.9 Å². The normalized spacial score (nSPS) is 11.5. The SMILES string of the molecule is Cc1cc(C(=O)NC(C)C)nc(Nc2ccccc2C(F)(F)F)n1. The van der Waals surface area contributed by atoms with Crippen molar-refractivity contribution >= 4 is 17.5 Å². The molecule has 1 aromatic carbocycles. The van der Waals surface area contributed by atoms with Crippen LogP contribution in [0, 0.1) is 6.92 Å². The number of hydrogen-bond donors (Lipinski definition) is 2. The third kappa shape index (κ3) is 4.43. The minimum Gasteiger partial charge on any atom is -0.349 e. The van der Waals surface area contributed by atoms with Gasteiger partial charge in [0.1, 0.15) is 5.69 Å². The lowest BCUT2D eigenvalue weighted by Crippen LogP contribution is -2.31. The van der Waals surface area contributed by atoms with Crippen molar-refractivity contribution in [3.05, 3.63) is 47.3 Å². The summed E-state index contributed by atoms with van der Waals surface area (Å²) in [6, 6.07) is 6.40. The van der Waals surface area contributed by atoms with Crippen LogP contribution in [0.25, 0.3) is 0 Å².